The highest BCUT2D eigenvalue weighted by atomic mass is 16.5. The summed E-state index contributed by atoms with van der Waals surface area (Å²) in [7, 11) is 0. The van der Waals surface area contributed by atoms with Gasteiger partial charge in [0.15, 0.2) is 0 Å². The van der Waals surface area contributed by atoms with Crippen LogP contribution < -0.4 is 4.74 Å². The van der Waals surface area contributed by atoms with E-state index in [2.05, 4.69) is 58.0 Å². The molecule has 2 aromatic carbocycles. The van der Waals surface area contributed by atoms with Gasteiger partial charge in [0, 0.05) is 0 Å². The first kappa shape index (κ1) is 12.0. The number of aryl methyl sites for hydroxylation is 1. The molecule has 0 amide bonds. The Hall–Kier alpha value is -1.50. The van der Waals surface area contributed by atoms with Gasteiger partial charge in [0.1, 0.15) is 11.4 Å². The van der Waals surface area contributed by atoms with Crippen molar-refractivity contribution < 1.29 is 4.74 Å². The predicted molar refractivity (Wildman–Crippen MR) is 73.7 cm³/mol. The molecular formula is C16H20O. The van der Waals surface area contributed by atoms with E-state index >= 15 is 0 Å². The third-order valence-corrected chi connectivity index (χ3v) is 2.71. The van der Waals surface area contributed by atoms with Crippen LogP contribution >= 0.6 is 0 Å². The summed E-state index contributed by atoms with van der Waals surface area (Å²) in [5.74, 6) is 0.939. The van der Waals surface area contributed by atoms with Crippen LogP contribution in [0.5, 0.6) is 5.75 Å². The molecule has 0 aromatic heterocycles. The van der Waals surface area contributed by atoms with Crippen LogP contribution in [0.1, 0.15) is 33.3 Å². The Morgan fingerprint density at radius 3 is 2.24 bits per heavy atom. The van der Waals surface area contributed by atoms with Crippen molar-refractivity contribution >= 4 is 10.8 Å². The number of benzene rings is 2. The van der Waals surface area contributed by atoms with Crippen LogP contribution in [0.25, 0.3) is 10.8 Å². The number of fused-ring (bicyclic) bond motifs is 1. The topological polar surface area (TPSA) is 9.23 Å². The van der Waals surface area contributed by atoms with E-state index in [4.69, 9.17) is 4.74 Å². The van der Waals surface area contributed by atoms with E-state index in [0.717, 1.165) is 12.2 Å². The van der Waals surface area contributed by atoms with E-state index in [1.54, 1.807) is 0 Å². The maximum atomic E-state index is 5.87. The molecule has 0 aliphatic rings. The second-order valence-corrected chi connectivity index (χ2v) is 5.41. The minimum atomic E-state index is -0.142. The van der Waals surface area contributed by atoms with Crippen molar-refractivity contribution in [3.8, 4) is 5.75 Å². The van der Waals surface area contributed by atoms with Crippen molar-refractivity contribution in [3.63, 3.8) is 0 Å². The number of ether oxygens (including phenoxy) is 1. The molecule has 0 spiro atoms. The average molecular weight is 228 g/mol. The number of rotatable bonds is 2. The first-order valence-corrected chi connectivity index (χ1v) is 6.19. The van der Waals surface area contributed by atoms with Crippen molar-refractivity contribution in [1.29, 1.82) is 0 Å². The zero-order chi connectivity index (χ0) is 12.5. The smallest absolute Gasteiger partial charge is 0.120 e. The van der Waals surface area contributed by atoms with Crippen LogP contribution in [0.2, 0.25) is 0 Å². The Morgan fingerprint density at radius 1 is 0.941 bits per heavy atom. The van der Waals surface area contributed by atoms with E-state index in [9.17, 15) is 0 Å². The minimum Gasteiger partial charge on any atom is -0.488 e. The standard InChI is InChI=1S/C16H20O/c1-5-12-6-7-14-11-15(17-16(2,3)4)9-8-13(14)10-12/h6-11H,5H2,1-4H3. The Kier molecular flexibility index (Phi) is 3.10. The fourth-order valence-corrected chi connectivity index (χ4v) is 1.91. The maximum absolute atomic E-state index is 5.87. The zero-order valence-corrected chi connectivity index (χ0v) is 11.1. The van der Waals surface area contributed by atoms with Crippen molar-refractivity contribution in [2.45, 2.75) is 39.7 Å². The first-order chi connectivity index (χ1) is 7.98. The lowest BCUT2D eigenvalue weighted by molar-refractivity contribution is 0.131. The van der Waals surface area contributed by atoms with Crippen molar-refractivity contribution in [2.24, 2.45) is 0 Å². The second-order valence-electron chi connectivity index (χ2n) is 5.41. The lowest BCUT2D eigenvalue weighted by Crippen LogP contribution is -2.22. The molecule has 90 valence electrons. The molecule has 0 saturated heterocycles. The highest BCUT2D eigenvalue weighted by Crippen LogP contribution is 2.24. The van der Waals surface area contributed by atoms with Gasteiger partial charge in [-0.05, 0) is 55.7 Å². The Balaban J connectivity index is 2.38. The molecule has 0 bridgehead atoms. The lowest BCUT2D eigenvalue weighted by Gasteiger charge is -2.21. The van der Waals surface area contributed by atoms with Gasteiger partial charge < -0.3 is 4.74 Å². The fourth-order valence-electron chi connectivity index (χ4n) is 1.91. The van der Waals surface area contributed by atoms with Gasteiger partial charge in [0.05, 0.1) is 0 Å². The third-order valence-electron chi connectivity index (χ3n) is 2.71. The van der Waals surface area contributed by atoms with Crippen molar-refractivity contribution in [3.05, 3.63) is 42.0 Å². The summed E-state index contributed by atoms with van der Waals surface area (Å²) >= 11 is 0. The van der Waals surface area contributed by atoms with E-state index in [0.29, 0.717) is 0 Å². The van der Waals surface area contributed by atoms with Crippen LogP contribution in [0.15, 0.2) is 36.4 Å². The molecule has 1 nitrogen and oxygen atoms in total. The van der Waals surface area contributed by atoms with Crippen LogP contribution in [0, 0.1) is 0 Å². The lowest BCUT2D eigenvalue weighted by atomic mass is 10.1. The molecule has 17 heavy (non-hydrogen) atoms. The summed E-state index contributed by atoms with van der Waals surface area (Å²) < 4.78 is 5.87. The molecule has 0 N–H and O–H groups in total. The quantitative estimate of drug-likeness (QED) is 0.731. The van der Waals surface area contributed by atoms with Gasteiger partial charge in [0.25, 0.3) is 0 Å². The maximum Gasteiger partial charge on any atom is 0.120 e. The summed E-state index contributed by atoms with van der Waals surface area (Å²) in [6.45, 7) is 8.38. The zero-order valence-electron chi connectivity index (χ0n) is 11.1. The largest absolute Gasteiger partial charge is 0.488 e. The van der Waals surface area contributed by atoms with Crippen molar-refractivity contribution in [1.82, 2.24) is 0 Å². The van der Waals surface area contributed by atoms with Crippen LogP contribution in [0.3, 0.4) is 0 Å². The Bertz CT molecular complexity index is 521. The molecule has 0 unspecified atom stereocenters. The van der Waals surface area contributed by atoms with Gasteiger partial charge in [-0.3, -0.25) is 0 Å². The summed E-state index contributed by atoms with van der Waals surface area (Å²) in [6.07, 6.45) is 1.08. The van der Waals surface area contributed by atoms with Gasteiger partial charge in [-0.15, -0.1) is 0 Å². The second kappa shape index (κ2) is 4.40. The molecule has 0 aliphatic carbocycles. The van der Waals surface area contributed by atoms with Gasteiger partial charge in [-0.25, -0.2) is 0 Å². The molecule has 1 heteroatoms. The number of hydrogen-bond donors (Lipinski definition) is 0. The molecular weight excluding hydrogens is 208 g/mol. The first-order valence-electron chi connectivity index (χ1n) is 6.19. The summed E-state index contributed by atoms with van der Waals surface area (Å²) in [6, 6.07) is 12.9. The summed E-state index contributed by atoms with van der Waals surface area (Å²) in [5.41, 5.74) is 1.24. The molecule has 0 atom stereocenters. The van der Waals surface area contributed by atoms with Gasteiger partial charge in [-0.2, -0.15) is 0 Å². The van der Waals surface area contributed by atoms with Crippen LogP contribution in [-0.4, -0.2) is 5.60 Å². The van der Waals surface area contributed by atoms with Crippen LogP contribution in [-0.2, 0) is 6.42 Å². The predicted octanol–water partition coefficient (Wildman–Crippen LogP) is 4.58. The minimum absolute atomic E-state index is 0.142. The summed E-state index contributed by atoms with van der Waals surface area (Å²) in [4.78, 5) is 0. The summed E-state index contributed by atoms with van der Waals surface area (Å²) in [5, 5.41) is 2.52. The van der Waals surface area contributed by atoms with Gasteiger partial charge >= 0.3 is 0 Å². The molecule has 0 heterocycles. The third kappa shape index (κ3) is 3.00. The van der Waals surface area contributed by atoms with Gasteiger partial charge in [-0.1, -0.05) is 31.2 Å². The monoisotopic (exact) mass is 228 g/mol. The molecule has 2 rings (SSSR count). The fraction of sp³-hybridized carbons (Fsp3) is 0.375. The molecule has 0 fully saturated rings. The molecule has 2 aromatic rings. The molecule has 0 radical (unpaired) electrons. The molecule has 0 aliphatic heterocycles. The SMILES string of the molecule is CCc1ccc2cc(OC(C)(C)C)ccc2c1. The van der Waals surface area contributed by atoms with Crippen molar-refractivity contribution in [2.75, 3.05) is 0 Å². The Morgan fingerprint density at radius 2 is 1.59 bits per heavy atom. The molecule has 0 saturated carbocycles. The van der Waals surface area contributed by atoms with E-state index in [1.807, 2.05) is 6.07 Å². The van der Waals surface area contributed by atoms with Gasteiger partial charge in [0.2, 0.25) is 0 Å². The highest BCUT2D eigenvalue weighted by Gasteiger charge is 2.11. The van der Waals surface area contributed by atoms with E-state index in [-0.39, 0.29) is 5.60 Å². The average Bonchev–Trinajstić information content (AvgIpc) is 2.26. The highest BCUT2D eigenvalue weighted by molar-refractivity contribution is 5.84. The van der Waals surface area contributed by atoms with E-state index < -0.39 is 0 Å². The normalized spacial score (nSPS) is 11.8. The van der Waals surface area contributed by atoms with Crippen LogP contribution in [0.4, 0.5) is 0 Å². The van der Waals surface area contributed by atoms with E-state index in [1.165, 1.54) is 16.3 Å². The number of hydrogen-bond acceptors (Lipinski definition) is 1. The Labute approximate surface area is 103 Å².